The fourth-order valence-corrected chi connectivity index (χ4v) is 2.93. The highest BCUT2D eigenvalue weighted by Gasteiger charge is 2.30. The SMILES string of the molecule is CNC(C)c1ccc(NC(=O)NC2CCC(C)C2C)cc1. The third kappa shape index (κ3) is 3.97. The van der Waals surface area contributed by atoms with Crippen LogP contribution >= 0.6 is 0 Å². The highest BCUT2D eigenvalue weighted by Crippen LogP contribution is 2.31. The predicted molar refractivity (Wildman–Crippen MR) is 87.4 cm³/mol. The second-order valence-corrected chi connectivity index (χ2v) is 6.25. The van der Waals surface area contributed by atoms with Gasteiger partial charge in [0.1, 0.15) is 0 Å². The summed E-state index contributed by atoms with van der Waals surface area (Å²) in [6.45, 7) is 6.58. The zero-order valence-electron chi connectivity index (χ0n) is 13.4. The van der Waals surface area contributed by atoms with Crippen LogP contribution in [0.4, 0.5) is 10.5 Å². The molecule has 1 aromatic carbocycles. The van der Waals surface area contributed by atoms with Crippen LogP contribution in [0.25, 0.3) is 0 Å². The summed E-state index contributed by atoms with van der Waals surface area (Å²) in [6, 6.07) is 8.48. The fraction of sp³-hybridized carbons (Fsp3) is 0.588. The lowest BCUT2D eigenvalue weighted by Gasteiger charge is -2.20. The van der Waals surface area contributed by atoms with Crippen LogP contribution in [0.5, 0.6) is 0 Å². The maximum atomic E-state index is 12.1. The number of carbonyl (C=O) groups is 1. The number of hydrogen-bond acceptors (Lipinski definition) is 2. The molecule has 4 nitrogen and oxygen atoms in total. The number of urea groups is 1. The molecule has 0 aliphatic heterocycles. The minimum absolute atomic E-state index is 0.102. The van der Waals surface area contributed by atoms with Crippen molar-refractivity contribution in [3.05, 3.63) is 29.8 Å². The van der Waals surface area contributed by atoms with E-state index in [1.807, 2.05) is 31.3 Å². The van der Waals surface area contributed by atoms with Gasteiger partial charge in [0.25, 0.3) is 0 Å². The van der Waals surface area contributed by atoms with Crippen molar-refractivity contribution in [3.8, 4) is 0 Å². The average molecular weight is 289 g/mol. The largest absolute Gasteiger partial charge is 0.335 e. The molecule has 21 heavy (non-hydrogen) atoms. The van der Waals surface area contributed by atoms with Crippen LogP contribution in [0.3, 0.4) is 0 Å². The monoisotopic (exact) mass is 289 g/mol. The van der Waals surface area contributed by atoms with Crippen LogP contribution in [0.1, 0.15) is 45.2 Å². The Hall–Kier alpha value is -1.55. The van der Waals surface area contributed by atoms with E-state index in [1.165, 1.54) is 12.0 Å². The van der Waals surface area contributed by atoms with E-state index in [-0.39, 0.29) is 6.03 Å². The molecule has 0 heterocycles. The molecule has 1 fully saturated rings. The first-order chi connectivity index (χ1) is 10.0. The zero-order valence-corrected chi connectivity index (χ0v) is 13.4. The summed E-state index contributed by atoms with van der Waals surface area (Å²) in [4.78, 5) is 12.1. The maximum Gasteiger partial charge on any atom is 0.319 e. The number of hydrogen-bond donors (Lipinski definition) is 3. The van der Waals surface area contributed by atoms with E-state index in [0.29, 0.717) is 23.9 Å². The Labute approximate surface area is 127 Å². The van der Waals surface area contributed by atoms with Crippen LogP contribution in [0.2, 0.25) is 0 Å². The molecule has 0 radical (unpaired) electrons. The predicted octanol–water partition coefficient (Wildman–Crippen LogP) is 3.52. The van der Waals surface area contributed by atoms with Crippen LogP contribution in [-0.4, -0.2) is 19.1 Å². The van der Waals surface area contributed by atoms with E-state index >= 15 is 0 Å². The quantitative estimate of drug-likeness (QED) is 0.794. The molecule has 4 unspecified atom stereocenters. The molecular weight excluding hydrogens is 262 g/mol. The first-order valence-electron chi connectivity index (χ1n) is 7.86. The highest BCUT2D eigenvalue weighted by molar-refractivity contribution is 5.89. The molecule has 0 bridgehead atoms. The van der Waals surface area contributed by atoms with Gasteiger partial charge >= 0.3 is 6.03 Å². The second kappa shape index (κ2) is 6.94. The molecule has 0 saturated heterocycles. The van der Waals surface area contributed by atoms with Crippen molar-refractivity contribution >= 4 is 11.7 Å². The molecule has 0 aromatic heterocycles. The van der Waals surface area contributed by atoms with E-state index in [9.17, 15) is 4.79 Å². The Bertz CT molecular complexity index is 471. The third-order valence-electron chi connectivity index (χ3n) is 4.88. The molecule has 4 atom stereocenters. The topological polar surface area (TPSA) is 53.2 Å². The second-order valence-electron chi connectivity index (χ2n) is 6.25. The molecule has 4 heteroatoms. The Balaban J connectivity index is 1.88. The third-order valence-corrected chi connectivity index (χ3v) is 4.88. The maximum absolute atomic E-state index is 12.1. The first kappa shape index (κ1) is 15.8. The van der Waals surface area contributed by atoms with Gasteiger partial charge in [-0.25, -0.2) is 4.79 Å². The molecule has 116 valence electrons. The number of anilines is 1. The Morgan fingerprint density at radius 2 is 1.86 bits per heavy atom. The summed E-state index contributed by atoms with van der Waals surface area (Å²) in [5, 5.41) is 9.21. The summed E-state index contributed by atoms with van der Waals surface area (Å²) in [7, 11) is 1.94. The van der Waals surface area contributed by atoms with Crippen molar-refractivity contribution < 1.29 is 4.79 Å². The van der Waals surface area contributed by atoms with Gasteiger partial charge in [-0.3, -0.25) is 0 Å². The molecular formula is C17H27N3O. The van der Waals surface area contributed by atoms with Gasteiger partial charge in [-0.15, -0.1) is 0 Å². The molecule has 1 aromatic rings. The van der Waals surface area contributed by atoms with E-state index in [4.69, 9.17) is 0 Å². The van der Waals surface area contributed by atoms with Crippen LogP contribution in [0, 0.1) is 11.8 Å². The number of carbonyl (C=O) groups excluding carboxylic acids is 1. The van der Waals surface area contributed by atoms with E-state index < -0.39 is 0 Å². The van der Waals surface area contributed by atoms with Crippen LogP contribution in [-0.2, 0) is 0 Å². The van der Waals surface area contributed by atoms with Gasteiger partial charge in [0, 0.05) is 17.8 Å². The van der Waals surface area contributed by atoms with E-state index in [0.717, 1.165) is 12.1 Å². The van der Waals surface area contributed by atoms with Gasteiger partial charge in [-0.05, 0) is 56.3 Å². The lowest BCUT2D eigenvalue weighted by atomic mass is 9.98. The van der Waals surface area contributed by atoms with Gasteiger partial charge < -0.3 is 16.0 Å². The standard InChI is InChI=1S/C17H27N3O/c1-11-5-10-16(12(11)2)20-17(21)19-15-8-6-14(7-9-15)13(3)18-4/h6-9,11-13,16,18H,5,10H2,1-4H3,(H2,19,20,21). The van der Waals surface area contributed by atoms with Gasteiger partial charge in [0.15, 0.2) is 0 Å². The summed E-state index contributed by atoms with van der Waals surface area (Å²) in [5.74, 6) is 1.24. The van der Waals surface area contributed by atoms with Crippen LogP contribution in [0.15, 0.2) is 24.3 Å². The van der Waals surface area contributed by atoms with E-state index in [2.05, 4.69) is 36.7 Å². The summed E-state index contributed by atoms with van der Waals surface area (Å²) >= 11 is 0. The summed E-state index contributed by atoms with van der Waals surface area (Å²) in [5.41, 5.74) is 2.04. The minimum Gasteiger partial charge on any atom is -0.335 e. The summed E-state index contributed by atoms with van der Waals surface area (Å²) in [6.07, 6.45) is 2.27. The molecule has 0 spiro atoms. The molecule has 2 amide bonds. The van der Waals surface area contributed by atoms with Crippen molar-refractivity contribution in [2.75, 3.05) is 12.4 Å². The van der Waals surface area contributed by atoms with Gasteiger partial charge in [0.05, 0.1) is 0 Å². The molecule has 3 N–H and O–H groups in total. The number of amides is 2. The van der Waals surface area contributed by atoms with Crippen molar-refractivity contribution in [3.63, 3.8) is 0 Å². The van der Waals surface area contributed by atoms with Gasteiger partial charge in [0.2, 0.25) is 0 Å². The Kier molecular flexibility index (Phi) is 5.23. The molecule has 1 aliphatic rings. The highest BCUT2D eigenvalue weighted by atomic mass is 16.2. The lowest BCUT2D eigenvalue weighted by Crippen LogP contribution is -2.40. The first-order valence-corrected chi connectivity index (χ1v) is 7.86. The number of benzene rings is 1. The lowest BCUT2D eigenvalue weighted by molar-refractivity contribution is 0.244. The van der Waals surface area contributed by atoms with Gasteiger partial charge in [-0.1, -0.05) is 26.0 Å². The average Bonchev–Trinajstić information content (AvgIpc) is 2.79. The zero-order chi connectivity index (χ0) is 15.4. The number of nitrogens with one attached hydrogen (secondary N) is 3. The molecule has 1 saturated carbocycles. The minimum atomic E-state index is -0.102. The van der Waals surface area contributed by atoms with Crippen molar-refractivity contribution in [2.45, 2.75) is 45.7 Å². The fourth-order valence-electron chi connectivity index (χ4n) is 2.93. The smallest absolute Gasteiger partial charge is 0.319 e. The van der Waals surface area contributed by atoms with Crippen molar-refractivity contribution in [2.24, 2.45) is 11.8 Å². The van der Waals surface area contributed by atoms with E-state index in [1.54, 1.807) is 0 Å². The molecule has 1 aliphatic carbocycles. The van der Waals surface area contributed by atoms with Crippen LogP contribution < -0.4 is 16.0 Å². The number of rotatable bonds is 4. The van der Waals surface area contributed by atoms with Crippen molar-refractivity contribution in [1.82, 2.24) is 10.6 Å². The molecule has 2 rings (SSSR count). The van der Waals surface area contributed by atoms with Gasteiger partial charge in [-0.2, -0.15) is 0 Å². The summed E-state index contributed by atoms with van der Waals surface area (Å²) < 4.78 is 0. The Morgan fingerprint density at radius 3 is 2.38 bits per heavy atom. The Morgan fingerprint density at radius 1 is 1.19 bits per heavy atom. The normalized spacial score (nSPS) is 26.4. The van der Waals surface area contributed by atoms with Crippen molar-refractivity contribution in [1.29, 1.82) is 0 Å².